The molecule has 2 aromatic rings. The largest absolute Gasteiger partial charge is 0.443 e. The molecule has 0 atom stereocenters. The maximum Gasteiger partial charge on any atom is 0.218 e. The van der Waals surface area contributed by atoms with E-state index in [1.807, 2.05) is 58.8 Å². The van der Waals surface area contributed by atoms with Gasteiger partial charge in [-0.05, 0) is 43.0 Å². The van der Waals surface area contributed by atoms with Crippen molar-refractivity contribution in [3.63, 3.8) is 0 Å². The van der Waals surface area contributed by atoms with Gasteiger partial charge in [-0.1, -0.05) is 13.8 Å². The molecule has 0 bridgehead atoms. The highest BCUT2D eigenvalue weighted by atomic mass is 32.1. The summed E-state index contributed by atoms with van der Waals surface area (Å²) >= 11 is 1.23. The Morgan fingerprint density at radius 1 is 1.29 bits per heavy atom. The van der Waals surface area contributed by atoms with Crippen LogP contribution in [0.2, 0.25) is 0 Å². The van der Waals surface area contributed by atoms with Crippen LogP contribution in [0.4, 0.5) is 5.69 Å². The van der Waals surface area contributed by atoms with E-state index < -0.39 is 0 Å². The highest BCUT2D eigenvalue weighted by Crippen LogP contribution is 2.37. The summed E-state index contributed by atoms with van der Waals surface area (Å²) in [5, 5.41) is 9.97. The van der Waals surface area contributed by atoms with E-state index in [1.54, 1.807) is 6.34 Å². The molecular weight excluding hydrogens is 320 g/mol. The summed E-state index contributed by atoms with van der Waals surface area (Å²) in [7, 11) is 3.87. The molecule has 0 aliphatic carbocycles. The highest BCUT2D eigenvalue weighted by Gasteiger charge is 2.19. The van der Waals surface area contributed by atoms with Gasteiger partial charge in [0.1, 0.15) is 17.4 Å². The van der Waals surface area contributed by atoms with Gasteiger partial charge in [-0.2, -0.15) is 9.64 Å². The number of nitrogens with zero attached hydrogens (tertiary/aromatic N) is 4. The fourth-order valence-electron chi connectivity index (χ4n) is 2.15. The first kappa shape index (κ1) is 18.0. The van der Waals surface area contributed by atoms with Gasteiger partial charge in [-0.15, -0.1) is 0 Å². The SMILES string of the molecule is Cc1cc(Oc2snc(C(C)C)c2C#N)c(C)cc1N=CN(C)C. The lowest BCUT2D eigenvalue weighted by Crippen LogP contribution is -2.07. The van der Waals surface area contributed by atoms with Crippen LogP contribution in [0.1, 0.15) is 42.1 Å². The maximum absolute atomic E-state index is 9.42. The minimum atomic E-state index is 0.193. The van der Waals surface area contributed by atoms with Crippen LogP contribution < -0.4 is 4.74 Å². The number of aliphatic imine (C=N–C) groups is 1. The number of hydrogen-bond acceptors (Lipinski definition) is 5. The van der Waals surface area contributed by atoms with Crippen LogP contribution in [0.5, 0.6) is 10.8 Å². The topological polar surface area (TPSA) is 61.5 Å². The number of ether oxygens (including phenoxy) is 1. The lowest BCUT2D eigenvalue weighted by atomic mass is 10.1. The molecule has 0 unspecified atom stereocenters. The number of aromatic nitrogens is 1. The summed E-state index contributed by atoms with van der Waals surface area (Å²) in [6.45, 7) is 8.01. The molecule has 0 radical (unpaired) electrons. The minimum absolute atomic E-state index is 0.193. The summed E-state index contributed by atoms with van der Waals surface area (Å²) in [6.07, 6.45) is 1.77. The number of rotatable bonds is 5. The zero-order valence-corrected chi connectivity index (χ0v) is 15.7. The van der Waals surface area contributed by atoms with E-state index in [0.29, 0.717) is 10.6 Å². The van der Waals surface area contributed by atoms with E-state index >= 15 is 0 Å². The Labute approximate surface area is 147 Å². The van der Waals surface area contributed by atoms with Gasteiger partial charge in [-0.3, -0.25) is 0 Å². The summed E-state index contributed by atoms with van der Waals surface area (Å²) in [5.41, 5.74) is 4.21. The maximum atomic E-state index is 9.42. The van der Waals surface area contributed by atoms with Crippen molar-refractivity contribution in [3.8, 4) is 16.9 Å². The number of benzene rings is 1. The Balaban J connectivity index is 2.35. The van der Waals surface area contributed by atoms with Crippen molar-refractivity contribution in [2.24, 2.45) is 4.99 Å². The predicted octanol–water partition coefficient (Wildman–Crippen LogP) is 4.77. The fourth-order valence-corrected chi connectivity index (χ4v) is 3.01. The van der Waals surface area contributed by atoms with Crippen molar-refractivity contribution in [2.45, 2.75) is 33.6 Å². The van der Waals surface area contributed by atoms with E-state index in [1.165, 1.54) is 11.5 Å². The van der Waals surface area contributed by atoms with Crippen LogP contribution in [0, 0.1) is 25.2 Å². The Morgan fingerprint density at radius 2 is 2.00 bits per heavy atom. The van der Waals surface area contributed by atoms with Crippen molar-refractivity contribution in [1.82, 2.24) is 9.27 Å². The molecule has 1 aromatic heterocycles. The Morgan fingerprint density at radius 3 is 2.58 bits per heavy atom. The first-order chi connectivity index (χ1) is 11.3. The lowest BCUT2D eigenvalue weighted by Gasteiger charge is -2.11. The normalized spacial score (nSPS) is 11.1. The second-order valence-corrected chi connectivity index (χ2v) is 6.95. The average Bonchev–Trinajstić information content (AvgIpc) is 2.92. The Hall–Kier alpha value is -2.39. The molecule has 0 saturated carbocycles. The third-order valence-electron chi connectivity index (χ3n) is 3.47. The van der Waals surface area contributed by atoms with Gasteiger partial charge in [0.25, 0.3) is 0 Å². The van der Waals surface area contributed by atoms with Gasteiger partial charge < -0.3 is 9.64 Å². The van der Waals surface area contributed by atoms with Gasteiger partial charge in [0.2, 0.25) is 5.06 Å². The van der Waals surface area contributed by atoms with Crippen LogP contribution in [-0.4, -0.2) is 29.7 Å². The van der Waals surface area contributed by atoms with Crippen molar-refractivity contribution < 1.29 is 4.74 Å². The molecule has 24 heavy (non-hydrogen) atoms. The van der Waals surface area contributed by atoms with E-state index in [4.69, 9.17) is 4.74 Å². The van der Waals surface area contributed by atoms with Crippen LogP contribution in [0.15, 0.2) is 17.1 Å². The zero-order chi connectivity index (χ0) is 17.9. The average molecular weight is 342 g/mol. The first-order valence-electron chi connectivity index (χ1n) is 7.72. The third-order valence-corrected chi connectivity index (χ3v) is 4.21. The molecule has 0 aliphatic rings. The molecule has 6 heteroatoms. The van der Waals surface area contributed by atoms with Crippen LogP contribution in [0.3, 0.4) is 0 Å². The van der Waals surface area contributed by atoms with Gasteiger partial charge in [0, 0.05) is 25.6 Å². The molecular formula is C18H22N4OS. The fraction of sp³-hybridized carbons (Fsp3) is 0.389. The second-order valence-electron chi connectivity index (χ2n) is 6.21. The predicted molar refractivity (Wildman–Crippen MR) is 98.7 cm³/mol. The smallest absolute Gasteiger partial charge is 0.218 e. The van der Waals surface area contributed by atoms with E-state index in [2.05, 4.69) is 15.4 Å². The summed E-state index contributed by atoms with van der Waals surface area (Å²) in [5.74, 6) is 0.922. The van der Waals surface area contributed by atoms with Crippen molar-refractivity contribution in [3.05, 3.63) is 34.5 Å². The summed E-state index contributed by atoms with van der Waals surface area (Å²) in [4.78, 5) is 6.35. The molecule has 0 saturated heterocycles. The number of aryl methyl sites for hydroxylation is 2. The van der Waals surface area contributed by atoms with E-state index in [0.717, 1.165) is 28.3 Å². The summed E-state index contributed by atoms with van der Waals surface area (Å²) in [6, 6.07) is 6.16. The quantitative estimate of drug-likeness (QED) is 0.580. The van der Waals surface area contributed by atoms with Gasteiger partial charge in [0.15, 0.2) is 0 Å². The van der Waals surface area contributed by atoms with Crippen LogP contribution in [0.25, 0.3) is 0 Å². The standard InChI is InChI=1S/C18H22N4OS/c1-11(2)17-14(9-19)18(24-21-17)23-16-8-12(3)15(7-13(16)4)20-10-22(5)6/h7-8,10-11H,1-6H3. The van der Waals surface area contributed by atoms with Crippen LogP contribution in [-0.2, 0) is 0 Å². The third kappa shape index (κ3) is 3.92. The molecule has 0 N–H and O–H groups in total. The van der Waals surface area contributed by atoms with Crippen LogP contribution >= 0.6 is 11.5 Å². The van der Waals surface area contributed by atoms with E-state index in [-0.39, 0.29) is 5.92 Å². The number of nitriles is 1. The minimum Gasteiger partial charge on any atom is -0.443 e. The van der Waals surface area contributed by atoms with Crippen molar-refractivity contribution in [1.29, 1.82) is 5.26 Å². The van der Waals surface area contributed by atoms with Gasteiger partial charge >= 0.3 is 0 Å². The molecule has 0 amide bonds. The van der Waals surface area contributed by atoms with Gasteiger partial charge in [-0.25, -0.2) is 4.99 Å². The zero-order valence-electron chi connectivity index (χ0n) is 14.9. The molecule has 0 spiro atoms. The van der Waals surface area contributed by atoms with Crippen molar-refractivity contribution in [2.75, 3.05) is 14.1 Å². The highest BCUT2D eigenvalue weighted by molar-refractivity contribution is 7.08. The molecule has 0 fully saturated rings. The summed E-state index contributed by atoms with van der Waals surface area (Å²) < 4.78 is 10.4. The molecule has 5 nitrogen and oxygen atoms in total. The second kappa shape index (κ2) is 7.45. The Bertz CT molecular complexity index is 800. The Kier molecular flexibility index (Phi) is 5.58. The molecule has 1 heterocycles. The van der Waals surface area contributed by atoms with Gasteiger partial charge in [0.05, 0.1) is 17.7 Å². The van der Waals surface area contributed by atoms with E-state index in [9.17, 15) is 5.26 Å². The number of hydrogen-bond donors (Lipinski definition) is 0. The molecule has 1 aromatic carbocycles. The molecule has 126 valence electrons. The molecule has 2 rings (SSSR count). The molecule has 0 aliphatic heterocycles. The lowest BCUT2D eigenvalue weighted by molar-refractivity contribution is 0.490. The van der Waals surface area contributed by atoms with Crippen molar-refractivity contribution >= 4 is 23.6 Å². The monoisotopic (exact) mass is 342 g/mol. The first-order valence-corrected chi connectivity index (χ1v) is 8.50.